The predicted octanol–water partition coefficient (Wildman–Crippen LogP) is 3.20. The molecule has 0 bridgehead atoms. The van der Waals surface area contributed by atoms with Crippen molar-refractivity contribution in [2.45, 2.75) is 24.3 Å². The van der Waals surface area contributed by atoms with Gasteiger partial charge in [0.25, 0.3) is 5.91 Å². The lowest BCUT2D eigenvalue weighted by Crippen LogP contribution is -2.30. The van der Waals surface area contributed by atoms with Gasteiger partial charge in [0, 0.05) is 0 Å². The van der Waals surface area contributed by atoms with Gasteiger partial charge in [-0.15, -0.1) is 10.2 Å². The van der Waals surface area contributed by atoms with Crippen molar-refractivity contribution in [2.24, 2.45) is 0 Å². The molecular formula is C13H14FN3O2S2. The number of anilines is 1. The van der Waals surface area contributed by atoms with Crippen LogP contribution in [-0.4, -0.2) is 28.0 Å². The zero-order valence-corrected chi connectivity index (χ0v) is 13.1. The van der Waals surface area contributed by atoms with Crippen molar-refractivity contribution in [2.75, 3.05) is 11.1 Å². The van der Waals surface area contributed by atoms with Gasteiger partial charge in [-0.25, -0.2) is 4.39 Å². The van der Waals surface area contributed by atoms with Gasteiger partial charge in [0.1, 0.15) is 11.6 Å². The zero-order chi connectivity index (χ0) is 15.2. The van der Waals surface area contributed by atoms with E-state index in [2.05, 4.69) is 15.5 Å². The molecule has 1 heterocycles. The van der Waals surface area contributed by atoms with Gasteiger partial charge in [-0.2, -0.15) is 0 Å². The third-order valence-corrected chi connectivity index (χ3v) is 4.25. The van der Waals surface area contributed by atoms with Gasteiger partial charge in [0.15, 0.2) is 10.4 Å². The molecule has 0 radical (unpaired) electrons. The third-order valence-electron chi connectivity index (χ3n) is 2.40. The summed E-state index contributed by atoms with van der Waals surface area (Å²) in [4.78, 5) is 12.0. The molecule has 112 valence electrons. The number of hydrogen-bond donors (Lipinski definition) is 1. The molecule has 8 heteroatoms. The largest absolute Gasteiger partial charge is 0.481 e. The van der Waals surface area contributed by atoms with Crippen molar-refractivity contribution >= 4 is 34.1 Å². The smallest absolute Gasteiger partial charge is 0.266 e. The summed E-state index contributed by atoms with van der Waals surface area (Å²) in [5.74, 6) is 0.642. The van der Waals surface area contributed by atoms with Gasteiger partial charge < -0.3 is 4.74 Å². The quantitative estimate of drug-likeness (QED) is 0.652. The number of amides is 1. The van der Waals surface area contributed by atoms with Gasteiger partial charge in [0.05, 0.1) is 0 Å². The molecule has 1 N–H and O–H groups in total. The Morgan fingerprint density at radius 2 is 2.14 bits per heavy atom. The summed E-state index contributed by atoms with van der Waals surface area (Å²) in [6.07, 6.45) is -0.721. The van der Waals surface area contributed by atoms with Crippen LogP contribution in [0.2, 0.25) is 0 Å². The minimum Gasteiger partial charge on any atom is -0.481 e. The van der Waals surface area contributed by atoms with Gasteiger partial charge in [-0.1, -0.05) is 30.0 Å². The Hall–Kier alpha value is -1.67. The second-order valence-corrected chi connectivity index (χ2v) is 6.50. The highest BCUT2D eigenvalue weighted by atomic mass is 32.2. The van der Waals surface area contributed by atoms with Crippen LogP contribution in [0.3, 0.4) is 0 Å². The minimum atomic E-state index is -0.721. The van der Waals surface area contributed by atoms with Crippen LogP contribution in [0.15, 0.2) is 28.6 Å². The van der Waals surface area contributed by atoms with Crippen LogP contribution in [0.5, 0.6) is 5.75 Å². The number of benzene rings is 1. The number of halogens is 1. The first-order chi connectivity index (χ1) is 10.1. The minimum absolute atomic E-state index is 0.330. The number of hydrogen-bond acceptors (Lipinski definition) is 6. The summed E-state index contributed by atoms with van der Waals surface area (Å²) in [6, 6.07) is 5.50. The number of carbonyl (C=O) groups excluding carboxylic acids is 1. The molecule has 0 saturated carbocycles. The first kappa shape index (κ1) is 15.7. The van der Waals surface area contributed by atoms with Gasteiger partial charge in [0.2, 0.25) is 5.13 Å². The Morgan fingerprint density at radius 1 is 1.43 bits per heavy atom. The molecule has 1 aromatic heterocycles. The van der Waals surface area contributed by atoms with Crippen molar-refractivity contribution in [3.63, 3.8) is 0 Å². The van der Waals surface area contributed by atoms with E-state index < -0.39 is 6.10 Å². The van der Waals surface area contributed by atoms with Gasteiger partial charge in [-0.3, -0.25) is 10.1 Å². The SMILES string of the molecule is CCSc1nnc(NC(=O)[C@H](C)Oc2ccc(F)cc2)s1. The Bertz CT molecular complexity index is 604. The summed E-state index contributed by atoms with van der Waals surface area (Å²) >= 11 is 2.88. The third kappa shape index (κ3) is 4.68. The van der Waals surface area contributed by atoms with E-state index in [1.165, 1.54) is 35.6 Å². The predicted molar refractivity (Wildman–Crippen MR) is 81.4 cm³/mol. The number of nitrogens with one attached hydrogen (secondary N) is 1. The van der Waals surface area contributed by atoms with Crippen molar-refractivity contribution in [1.82, 2.24) is 10.2 Å². The second kappa shape index (κ2) is 7.37. The standard InChI is InChI=1S/C13H14FN3O2S2/c1-3-20-13-17-16-12(21-13)15-11(18)8(2)19-10-6-4-9(14)5-7-10/h4-8H,3H2,1-2H3,(H,15,16,18)/t8-/m0/s1. The van der Waals surface area contributed by atoms with Crippen molar-refractivity contribution < 1.29 is 13.9 Å². The normalized spacial score (nSPS) is 12.0. The van der Waals surface area contributed by atoms with E-state index in [-0.39, 0.29) is 11.7 Å². The number of thioether (sulfide) groups is 1. The molecule has 1 atom stereocenters. The molecule has 1 aromatic carbocycles. The molecule has 0 aliphatic heterocycles. The number of rotatable bonds is 6. The lowest BCUT2D eigenvalue weighted by atomic mass is 10.3. The van der Waals surface area contributed by atoms with Crippen LogP contribution in [-0.2, 0) is 4.79 Å². The van der Waals surface area contributed by atoms with Crippen LogP contribution in [0.1, 0.15) is 13.8 Å². The number of ether oxygens (including phenoxy) is 1. The Kier molecular flexibility index (Phi) is 5.51. The fourth-order valence-electron chi connectivity index (χ4n) is 1.42. The van der Waals surface area contributed by atoms with E-state index in [9.17, 15) is 9.18 Å². The molecule has 2 aromatic rings. The summed E-state index contributed by atoms with van der Waals surface area (Å²) < 4.78 is 19.0. The van der Waals surface area contributed by atoms with Crippen molar-refractivity contribution in [3.8, 4) is 5.75 Å². The monoisotopic (exact) mass is 327 g/mol. The Balaban J connectivity index is 1.90. The molecular weight excluding hydrogens is 313 g/mol. The van der Waals surface area contributed by atoms with Crippen LogP contribution in [0, 0.1) is 5.82 Å². The molecule has 0 spiro atoms. The molecule has 0 aliphatic carbocycles. The topological polar surface area (TPSA) is 64.1 Å². The van der Waals surface area contributed by atoms with E-state index in [0.29, 0.717) is 10.9 Å². The van der Waals surface area contributed by atoms with E-state index >= 15 is 0 Å². The zero-order valence-electron chi connectivity index (χ0n) is 11.5. The first-order valence-electron chi connectivity index (χ1n) is 6.28. The summed E-state index contributed by atoms with van der Waals surface area (Å²) in [6.45, 7) is 3.63. The van der Waals surface area contributed by atoms with E-state index in [1.54, 1.807) is 18.7 Å². The Morgan fingerprint density at radius 3 is 2.81 bits per heavy atom. The van der Waals surface area contributed by atoms with Crippen molar-refractivity contribution in [3.05, 3.63) is 30.1 Å². The molecule has 0 fully saturated rings. The highest BCUT2D eigenvalue weighted by Crippen LogP contribution is 2.25. The number of nitrogens with zero attached hydrogens (tertiary/aromatic N) is 2. The highest BCUT2D eigenvalue weighted by Gasteiger charge is 2.17. The van der Waals surface area contributed by atoms with E-state index in [0.717, 1.165) is 10.1 Å². The second-order valence-electron chi connectivity index (χ2n) is 4.01. The Labute approximate surface area is 129 Å². The maximum absolute atomic E-state index is 12.8. The van der Waals surface area contributed by atoms with E-state index in [1.807, 2.05) is 6.92 Å². The number of carbonyl (C=O) groups is 1. The van der Waals surface area contributed by atoms with E-state index in [4.69, 9.17) is 4.74 Å². The first-order valence-corrected chi connectivity index (χ1v) is 8.08. The lowest BCUT2D eigenvalue weighted by molar-refractivity contribution is -0.122. The molecule has 0 saturated heterocycles. The highest BCUT2D eigenvalue weighted by molar-refractivity contribution is 8.01. The fourth-order valence-corrected chi connectivity index (χ4v) is 3.07. The van der Waals surface area contributed by atoms with Crippen molar-refractivity contribution in [1.29, 1.82) is 0 Å². The maximum atomic E-state index is 12.8. The molecule has 0 unspecified atom stereocenters. The molecule has 0 aliphatic rings. The summed E-state index contributed by atoms with van der Waals surface area (Å²) in [5.41, 5.74) is 0. The number of aromatic nitrogens is 2. The lowest BCUT2D eigenvalue weighted by Gasteiger charge is -2.13. The maximum Gasteiger partial charge on any atom is 0.266 e. The molecule has 5 nitrogen and oxygen atoms in total. The van der Waals surface area contributed by atoms with Crippen LogP contribution < -0.4 is 10.1 Å². The molecule has 21 heavy (non-hydrogen) atoms. The van der Waals surface area contributed by atoms with Crippen LogP contribution in [0.25, 0.3) is 0 Å². The van der Waals surface area contributed by atoms with Crippen LogP contribution in [0.4, 0.5) is 9.52 Å². The van der Waals surface area contributed by atoms with Gasteiger partial charge in [-0.05, 0) is 36.9 Å². The van der Waals surface area contributed by atoms with Gasteiger partial charge >= 0.3 is 0 Å². The summed E-state index contributed by atoms with van der Waals surface area (Å²) in [5, 5.41) is 10.9. The van der Waals surface area contributed by atoms with Crippen LogP contribution >= 0.6 is 23.1 Å². The fraction of sp³-hybridized carbons (Fsp3) is 0.308. The summed E-state index contributed by atoms with van der Waals surface area (Å²) in [7, 11) is 0. The molecule has 1 amide bonds. The average Bonchev–Trinajstić information content (AvgIpc) is 2.89. The average molecular weight is 327 g/mol. The molecule has 2 rings (SSSR count).